The molecule has 0 amide bonds. The molecule has 4 nitrogen and oxygen atoms in total. The van der Waals surface area contributed by atoms with E-state index in [1.807, 2.05) is 6.92 Å². The predicted molar refractivity (Wildman–Crippen MR) is 94.3 cm³/mol. The smallest absolute Gasteiger partial charge is 0.240 e. The topological polar surface area (TPSA) is 58.2 Å². The van der Waals surface area contributed by atoms with Crippen molar-refractivity contribution in [1.29, 1.82) is 0 Å². The number of hydrogen-bond acceptors (Lipinski definition) is 3. The maximum Gasteiger partial charge on any atom is 0.240 e. The first-order valence-corrected chi connectivity index (χ1v) is 9.39. The van der Waals surface area contributed by atoms with Gasteiger partial charge in [-0.1, -0.05) is 48.3 Å². The second-order valence-corrected chi connectivity index (χ2v) is 7.58. The standard InChI is InChI=1S/C16H18Cl2N2O2S/c1-2-19-10-12-3-6-14(7-4-12)23(21,22)20-11-13-5-8-15(17)16(18)9-13/h3-9,19-20H,2,10-11H2,1H3. The Bertz CT molecular complexity index is 762. The van der Waals surface area contributed by atoms with E-state index in [4.69, 9.17) is 23.2 Å². The second kappa shape index (κ2) is 8.13. The van der Waals surface area contributed by atoms with Gasteiger partial charge in [0.1, 0.15) is 0 Å². The summed E-state index contributed by atoms with van der Waals surface area (Å²) in [5.41, 5.74) is 1.78. The zero-order valence-corrected chi connectivity index (χ0v) is 15.0. The molecule has 124 valence electrons. The first kappa shape index (κ1) is 18.2. The highest BCUT2D eigenvalue weighted by Gasteiger charge is 2.13. The molecule has 0 aliphatic heterocycles. The molecule has 2 aromatic rings. The lowest BCUT2D eigenvalue weighted by molar-refractivity contribution is 0.581. The normalized spacial score (nSPS) is 11.6. The molecular weight excluding hydrogens is 355 g/mol. The minimum absolute atomic E-state index is 0.151. The van der Waals surface area contributed by atoms with E-state index in [1.54, 1.807) is 42.5 Å². The van der Waals surface area contributed by atoms with Crippen molar-refractivity contribution in [3.05, 3.63) is 63.6 Å². The van der Waals surface area contributed by atoms with E-state index in [0.717, 1.165) is 17.7 Å². The maximum atomic E-state index is 12.3. The summed E-state index contributed by atoms with van der Waals surface area (Å²) < 4.78 is 27.1. The van der Waals surface area contributed by atoms with Crippen LogP contribution in [-0.2, 0) is 23.1 Å². The van der Waals surface area contributed by atoms with E-state index in [-0.39, 0.29) is 11.4 Å². The zero-order chi connectivity index (χ0) is 16.9. The average Bonchev–Trinajstić information content (AvgIpc) is 2.54. The molecule has 0 aromatic heterocycles. The van der Waals surface area contributed by atoms with E-state index >= 15 is 0 Å². The molecule has 0 saturated carbocycles. The van der Waals surface area contributed by atoms with Crippen LogP contribution >= 0.6 is 23.2 Å². The van der Waals surface area contributed by atoms with Crippen LogP contribution in [0.5, 0.6) is 0 Å². The van der Waals surface area contributed by atoms with E-state index in [0.29, 0.717) is 16.6 Å². The molecule has 0 saturated heterocycles. The van der Waals surface area contributed by atoms with Crippen molar-refractivity contribution < 1.29 is 8.42 Å². The van der Waals surface area contributed by atoms with Gasteiger partial charge in [-0.3, -0.25) is 0 Å². The molecule has 7 heteroatoms. The quantitative estimate of drug-likeness (QED) is 0.780. The van der Waals surface area contributed by atoms with Gasteiger partial charge in [-0.05, 0) is 41.9 Å². The van der Waals surface area contributed by atoms with Crippen LogP contribution in [-0.4, -0.2) is 15.0 Å². The van der Waals surface area contributed by atoms with Gasteiger partial charge < -0.3 is 5.32 Å². The second-order valence-electron chi connectivity index (χ2n) is 5.00. The van der Waals surface area contributed by atoms with Crippen LogP contribution in [0.25, 0.3) is 0 Å². The molecule has 0 atom stereocenters. The Morgan fingerprint density at radius 3 is 2.17 bits per heavy atom. The summed E-state index contributed by atoms with van der Waals surface area (Å²) in [5, 5.41) is 4.03. The Labute approximate surface area is 146 Å². The van der Waals surface area contributed by atoms with Gasteiger partial charge in [0.2, 0.25) is 10.0 Å². The van der Waals surface area contributed by atoms with Gasteiger partial charge in [0.05, 0.1) is 14.9 Å². The van der Waals surface area contributed by atoms with E-state index in [1.165, 1.54) is 0 Å². The SMILES string of the molecule is CCNCc1ccc(S(=O)(=O)NCc2ccc(Cl)c(Cl)c2)cc1. The molecule has 2 aromatic carbocycles. The fourth-order valence-corrected chi connectivity index (χ4v) is 3.31. The van der Waals surface area contributed by atoms with Crippen LogP contribution in [0, 0.1) is 0 Å². The van der Waals surface area contributed by atoms with Crippen LogP contribution in [0.15, 0.2) is 47.4 Å². The van der Waals surface area contributed by atoms with Crippen LogP contribution in [0.2, 0.25) is 10.0 Å². The number of hydrogen-bond donors (Lipinski definition) is 2. The average molecular weight is 373 g/mol. The molecule has 2 N–H and O–H groups in total. The minimum Gasteiger partial charge on any atom is -0.313 e. The Balaban J connectivity index is 2.04. The fraction of sp³-hybridized carbons (Fsp3) is 0.250. The van der Waals surface area contributed by atoms with E-state index in [2.05, 4.69) is 10.0 Å². The van der Waals surface area contributed by atoms with Crippen LogP contribution in [0.3, 0.4) is 0 Å². The minimum atomic E-state index is -3.57. The van der Waals surface area contributed by atoms with Crippen molar-refractivity contribution in [2.45, 2.75) is 24.9 Å². The largest absolute Gasteiger partial charge is 0.313 e. The van der Waals surface area contributed by atoms with Crippen LogP contribution < -0.4 is 10.0 Å². The van der Waals surface area contributed by atoms with E-state index in [9.17, 15) is 8.42 Å². The van der Waals surface area contributed by atoms with Crippen molar-refractivity contribution in [3.8, 4) is 0 Å². The van der Waals surface area contributed by atoms with Crippen LogP contribution in [0.4, 0.5) is 0 Å². The zero-order valence-electron chi connectivity index (χ0n) is 12.6. The maximum absolute atomic E-state index is 12.3. The number of nitrogens with one attached hydrogen (secondary N) is 2. The molecule has 23 heavy (non-hydrogen) atoms. The number of benzene rings is 2. The van der Waals surface area contributed by atoms with Crippen molar-refractivity contribution in [1.82, 2.24) is 10.0 Å². The van der Waals surface area contributed by atoms with E-state index < -0.39 is 10.0 Å². The Kier molecular flexibility index (Phi) is 6.44. The number of rotatable bonds is 7. The van der Waals surface area contributed by atoms with Crippen molar-refractivity contribution >= 4 is 33.2 Å². The van der Waals surface area contributed by atoms with Crippen molar-refractivity contribution in [2.24, 2.45) is 0 Å². The third-order valence-electron chi connectivity index (χ3n) is 3.26. The highest BCUT2D eigenvalue weighted by Crippen LogP contribution is 2.22. The van der Waals surface area contributed by atoms with Gasteiger partial charge in [0, 0.05) is 13.1 Å². The van der Waals surface area contributed by atoms with Crippen LogP contribution in [0.1, 0.15) is 18.1 Å². The Morgan fingerprint density at radius 1 is 0.913 bits per heavy atom. The molecular formula is C16H18Cl2N2O2S. The van der Waals surface area contributed by atoms with Gasteiger partial charge in [0.15, 0.2) is 0 Å². The summed E-state index contributed by atoms with van der Waals surface area (Å²) in [6, 6.07) is 11.8. The fourth-order valence-electron chi connectivity index (χ4n) is 1.97. The molecule has 0 aliphatic rings. The third kappa shape index (κ3) is 5.19. The lowest BCUT2D eigenvalue weighted by Gasteiger charge is -2.09. The van der Waals surface area contributed by atoms with Gasteiger partial charge >= 0.3 is 0 Å². The van der Waals surface area contributed by atoms with Gasteiger partial charge in [-0.25, -0.2) is 13.1 Å². The first-order valence-electron chi connectivity index (χ1n) is 7.15. The summed E-state index contributed by atoms with van der Waals surface area (Å²) in [7, 11) is -3.57. The lowest BCUT2D eigenvalue weighted by atomic mass is 10.2. The molecule has 2 rings (SSSR count). The van der Waals surface area contributed by atoms with Crippen molar-refractivity contribution in [2.75, 3.05) is 6.54 Å². The third-order valence-corrected chi connectivity index (χ3v) is 5.42. The molecule has 0 heterocycles. The van der Waals surface area contributed by atoms with Gasteiger partial charge in [0.25, 0.3) is 0 Å². The summed E-state index contributed by atoms with van der Waals surface area (Å²) in [6.45, 7) is 3.75. The number of sulfonamides is 1. The van der Waals surface area contributed by atoms with Gasteiger partial charge in [-0.15, -0.1) is 0 Å². The Hall–Kier alpha value is -1.11. The highest BCUT2D eigenvalue weighted by molar-refractivity contribution is 7.89. The van der Waals surface area contributed by atoms with Gasteiger partial charge in [-0.2, -0.15) is 0 Å². The lowest BCUT2D eigenvalue weighted by Crippen LogP contribution is -2.23. The predicted octanol–water partition coefficient (Wildman–Crippen LogP) is 3.58. The first-order chi connectivity index (χ1) is 10.9. The summed E-state index contributed by atoms with van der Waals surface area (Å²) in [6.07, 6.45) is 0. The summed E-state index contributed by atoms with van der Waals surface area (Å²) in [5.74, 6) is 0. The number of halogens is 2. The molecule has 0 bridgehead atoms. The Morgan fingerprint density at radius 2 is 1.57 bits per heavy atom. The highest BCUT2D eigenvalue weighted by atomic mass is 35.5. The summed E-state index contributed by atoms with van der Waals surface area (Å²) >= 11 is 11.8. The monoisotopic (exact) mass is 372 g/mol. The van der Waals surface area contributed by atoms with Crippen molar-refractivity contribution in [3.63, 3.8) is 0 Å². The molecule has 0 aliphatic carbocycles. The molecule has 0 fully saturated rings. The molecule has 0 radical (unpaired) electrons. The molecule has 0 unspecified atom stereocenters. The molecule has 0 spiro atoms. The summed E-state index contributed by atoms with van der Waals surface area (Å²) in [4.78, 5) is 0.234.